The number of carbonyl (C=O) groups excluding carboxylic acids is 1. The van der Waals surface area contributed by atoms with Crippen LogP contribution in [0.4, 0.5) is 17.7 Å². The lowest BCUT2D eigenvalue weighted by Gasteiger charge is -2.30. The summed E-state index contributed by atoms with van der Waals surface area (Å²) in [7, 11) is 4.03. The van der Waals surface area contributed by atoms with Crippen molar-refractivity contribution in [3.63, 3.8) is 0 Å². The van der Waals surface area contributed by atoms with Crippen LogP contribution in [0.3, 0.4) is 0 Å². The van der Waals surface area contributed by atoms with Crippen LogP contribution in [-0.2, 0) is 12.8 Å². The molecule has 0 saturated heterocycles. The van der Waals surface area contributed by atoms with Gasteiger partial charge in [0.05, 0.1) is 11.8 Å². The highest BCUT2D eigenvalue weighted by Gasteiger charge is 2.26. The molecular weight excluding hydrogens is 400 g/mol. The first kappa shape index (κ1) is 21.1. The molecule has 2 aliphatic rings. The molecule has 2 heterocycles. The molecule has 2 aromatic heterocycles. The minimum absolute atomic E-state index is 0.0106. The maximum atomic E-state index is 12.3. The molecule has 0 atom stereocenters. The monoisotopic (exact) mass is 428 g/mol. The summed E-state index contributed by atoms with van der Waals surface area (Å²) in [5.74, 6) is 0.796. The van der Waals surface area contributed by atoms with Gasteiger partial charge in [0, 0.05) is 31.7 Å². The molecule has 0 aromatic carbocycles. The third-order valence-electron chi connectivity index (χ3n) is 5.98. The number of fused-ring (bicyclic) bond motifs is 1. The number of rotatable bonds is 6. The Labute approximate surface area is 180 Å². The topological polar surface area (TPSA) is 126 Å². The van der Waals surface area contributed by atoms with Crippen molar-refractivity contribution >= 4 is 23.6 Å². The van der Waals surface area contributed by atoms with Crippen LogP contribution in [0.25, 0.3) is 0 Å². The molecular formula is C21H28N6O4. The molecule has 0 spiro atoms. The van der Waals surface area contributed by atoms with Crippen LogP contribution in [0.5, 0.6) is 0 Å². The van der Waals surface area contributed by atoms with E-state index in [2.05, 4.69) is 15.5 Å². The van der Waals surface area contributed by atoms with Crippen molar-refractivity contribution in [2.45, 2.75) is 63.5 Å². The molecule has 10 nitrogen and oxygen atoms in total. The largest absolute Gasteiger partial charge is 0.433 e. The van der Waals surface area contributed by atoms with Crippen LogP contribution in [0.15, 0.2) is 16.5 Å². The Bertz CT molecular complexity index is 965. The van der Waals surface area contributed by atoms with Gasteiger partial charge in [-0.1, -0.05) is 0 Å². The lowest BCUT2D eigenvalue weighted by molar-refractivity contribution is -0.402. The van der Waals surface area contributed by atoms with Gasteiger partial charge >= 0.3 is 5.88 Å². The average molecular weight is 428 g/mol. The van der Waals surface area contributed by atoms with Crippen LogP contribution < -0.4 is 15.5 Å². The predicted molar refractivity (Wildman–Crippen MR) is 115 cm³/mol. The predicted octanol–water partition coefficient (Wildman–Crippen LogP) is 3.08. The number of nitro groups is 1. The van der Waals surface area contributed by atoms with E-state index in [9.17, 15) is 14.9 Å². The molecule has 0 aliphatic heterocycles. The van der Waals surface area contributed by atoms with Crippen LogP contribution in [0.1, 0.15) is 60.3 Å². The normalized spacial score (nSPS) is 20.6. The number of carbonyl (C=O) groups is 1. The molecule has 2 aliphatic carbocycles. The van der Waals surface area contributed by atoms with E-state index < -0.39 is 16.7 Å². The van der Waals surface area contributed by atoms with Crippen molar-refractivity contribution in [2.24, 2.45) is 0 Å². The Morgan fingerprint density at radius 3 is 2.52 bits per heavy atom. The van der Waals surface area contributed by atoms with E-state index in [0.29, 0.717) is 5.95 Å². The molecule has 166 valence electrons. The second kappa shape index (κ2) is 8.91. The number of anilines is 2. The second-order valence-electron chi connectivity index (χ2n) is 8.46. The first-order chi connectivity index (χ1) is 14.9. The maximum Gasteiger partial charge on any atom is 0.433 e. The molecule has 0 unspecified atom stereocenters. The number of furan rings is 1. The smallest absolute Gasteiger partial charge is 0.395 e. The summed E-state index contributed by atoms with van der Waals surface area (Å²) in [6, 6.07) is 2.78. The van der Waals surface area contributed by atoms with Crippen LogP contribution >= 0.6 is 0 Å². The molecule has 0 bridgehead atoms. The van der Waals surface area contributed by atoms with E-state index >= 15 is 0 Å². The highest BCUT2D eigenvalue weighted by atomic mass is 16.6. The quantitative estimate of drug-likeness (QED) is 0.531. The van der Waals surface area contributed by atoms with Crippen molar-refractivity contribution in [1.82, 2.24) is 15.3 Å². The van der Waals surface area contributed by atoms with E-state index in [-0.39, 0.29) is 17.8 Å². The fourth-order valence-electron chi connectivity index (χ4n) is 4.38. The van der Waals surface area contributed by atoms with Crippen molar-refractivity contribution in [3.8, 4) is 0 Å². The number of nitrogens with zero attached hydrogens (tertiary/aromatic N) is 4. The Balaban J connectivity index is 1.33. The van der Waals surface area contributed by atoms with E-state index in [1.807, 2.05) is 14.1 Å². The summed E-state index contributed by atoms with van der Waals surface area (Å²) in [6.07, 6.45) is 7.74. The van der Waals surface area contributed by atoms with E-state index in [1.165, 1.54) is 30.5 Å². The van der Waals surface area contributed by atoms with Gasteiger partial charge in [-0.15, -0.1) is 0 Å². The number of amides is 1. The zero-order valence-corrected chi connectivity index (χ0v) is 17.9. The zero-order valence-electron chi connectivity index (χ0n) is 17.9. The Kier molecular flexibility index (Phi) is 6.06. The number of hydrogen-bond donors (Lipinski definition) is 2. The molecule has 2 N–H and O–H groups in total. The molecule has 2 aromatic rings. The summed E-state index contributed by atoms with van der Waals surface area (Å²) in [5, 5.41) is 17.1. The van der Waals surface area contributed by atoms with Gasteiger partial charge in [0.1, 0.15) is 10.7 Å². The lowest BCUT2D eigenvalue weighted by Crippen LogP contribution is -2.40. The van der Waals surface area contributed by atoms with Gasteiger partial charge < -0.3 is 20.0 Å². The van der Waals surface area contributed by atoms with Crippen molar-refractivity contribution in [1.29, 1.82) is 0 Å². The van der Waals surface area contributed by atoms with E-state index in [1.54, 1.807) is 0 Å². The molecule has 1 fully saturated rings. The first-order valence-corrected chi connectivity index (χ1v) is 10.8. The molecule has 31 heavy (non-hydrogen) atoms. The highest BCUT2D eigenvalue weighted by Crippen LogP contribution is 2.29. The maximum absolute atomic E-state index is 12.3. The van der Waals surface area contributed by atoms with Crippen LogP contribution in [0.2, 0.25) is 0 Å². The number of nitrogens with one attached hydrogen (secondary N) is 2. The van der Waals surface area contributed by atoms with Crippen molar-refractivity contribution < 1.29 is 14.1 Å². The first-order valence-electron chi connectivity index (χ1n) is 10.8. The van der Waals surface area contributed by atoms with Gasteiger partial charge in [0.15, 0.2) is 5.76 Å². The fraction of sp³-hybridized carbons (Fsp3) is 0.571. The third-order valence-corrected chi connectivity index (χ3v) is 5.98. The molecule has 1 saturated carbocycles. The van der Waals surface area contributed by atoms with Crippen molar-refractivity contribution in [3.05, 3.63) is 39.3 Å². The van der Waals surface area contributed by atoms with Crippen LogP contribution in [-0.4, -0.2) is 47.0 Å². The Hall–Kier alpha value is -3.17. The third kappa shape index (κ3) is 4.78. The SMILES string of the molecule is CN(C)c1nc(N[C@H]2CC[C@@H](NC(=O)c3ccc([N+](=O)[O-])o3)CC2)nc2c1CCCC2. The summed E-state index contributed by atoms with van der Waals surface area (Å²) < 4.78 is 4.98. The number of aryl methyl sites for hydroxylation is 1. The van der Waals surface area contributed by atoms with Crippen LogP contribution in [0, 0.1) is 10.1 Å². The minimum atomic E-state index is -0.655. The van der Waals surface area contributed by atoms with E-state index in [0.717, 1.165) is 50.0 Å². The standard InChI is InChI=1S/C21H28N6O4/c1-26(2)19-15-5-3-4-6-16(15)24-21(25-19)23-14-9-7-13(8-10-14)22-20(28)17-11-12-18(31-17)27(29)30/h11-14H,3-10H2,1-2H3,(H,22,28)(H,23,24,25)/t13-,14+. The molecule has 1 amide bonds. The van der Waals surface area contributed by atoms with Crippen molar-refractivity contribution in [2.75, 3.05) is 24.3 Å². The Morgan fingerprint density at radius 2 is 1.84 bits per heavy atom. The number of aromatic nitrogens is 2. The lowest BCUT2D eigenvalue weighted by atomic mass is 9.91. The van der Waals surface area contributed by atoms with Gasteiger partial charge in [-0.05, 0) is 57.4 Å². The van der Waals surface area contributed by atoms with Gasteiger partial charge in [-0.2, -0.15) is 4.98 Å². The van der Waals surface area contributed by atoms with Gasteiger partial charge in [-0.3, -0.25) is 14.9 Å². The Morgan fingerprint density at radius 1 is 1.13 bits per heavy atom. The zero-order chi connectivity index (χ0) is 22.0. The highest BCUT2D eigenvalue weighted by molar-refractivity contribution is 5.91. The minimum Gasteiger partial charge on any atom is -0.395 e. The number of hydrogen-bond acceptors (Lipinski definition) is 8. The summed E-state index contributed by atoms with van der Waals surface area (Å²) in [5.41, 5.74) is 2.42. The summed E-state index contributed by atoms with van der Waals surface area (Å²) in [4.78, 5) is 34.0. The molecule has 10 heteroatoms. The molecule has 4 rings (SSSR count). The van der Waals surface area contributed by atoms with Gasteiger partial charge in [0.2, 0.25) is 5.95 Å². The second-order valence-corrected chi connectivity index (χ2v) is 8.46. The van der Waals surface area contributed by atoms with Gasteiger partial charge in [0.25, 0.3) is 5.91 Å². The summed E-state index contributed by atoms with van der Waals surface area (Å²) in [6.45, 7) is 0. The molecule has 0 radical (unpaired) electrons. The summed E-state index contributed by atoms with van der Waals surface area (Å²) >= 11 is 0. The average Bonchev–Trinajstić information content (AvgIpc) is 3.25. The fourth-order valence-corrected chi connectivity index (χ4v) is 4.38. The van der Waals surface area contributed by atoms with E-state index in [4.69, 9.17) is 14.4 Å². The van der Waals surface area contributed by atoms with Gasteiger partial charge in [-0.25, -0.2) is 4.98 Å².